The molecule has 0 atom stereocenters. The number of nitrogens with one attached hydrogen (secondary N) is 1. The Hall–Kier alpha value is -2.14. The van der Waals surface area contributed by atoms with Crippen molar-refractivity contribution < 1.29 is 14.4 Å². The molecule has 2 N–H and O–H groups in total. The molecule has 1 heterocycles. The van der Waals surface area contributed by atoms with Gasteiger partial charge >= 0.3 is 0 Å². The number of carbonyl (C=O) groups is 1. The van der Waals surface area contributed by atoms with E-state index in [1.54, 1.807) is 0 Å². The zero-order valence-electron chi connectivity index (χ0n) is 9.09. The number of rotatable bonds is 4. The van der Waals surface area contributed by atoms with E-state index in [2.05, 4.69) is 15.0 Å². The fraction of sp³-hybridized carbons (Fsp3) is 0.167. The molecule has 1 aromatic carbocycles. The van der Waals surface area contributed by atoms with Crippen LogP contribution in [0.3, 0.4) is 0 Å². The van der Waals surface area contributed by atoms with Crippen LogP contribution in [-0.4, -0.2) is 16.2 Å². The van der Waals surface area contributed by atoms with Crippen molar-refractivity contribution in [1.82, 2.24) is 10.5 Å². The van der Waals surface area contributed by atoms with Crippen LogP contribution in [0.15, 0.2) is 41.1 Å². The van der Waals surface area contributed by atoms with Crippen LogP contribution in [0.1, 0.15) is 21.6 Å². The first kappa shape index (κ1) is 11.3. The molecule has 17 heavy (non-hydrogen) atoms. The highest BCUT2D eigenvalue weighted by Crippen LogP contribution is 2.04. The van der Waals surface area contributed by atoms with Crippen molar-refractivity contribution in [3.63, 3.8) is 0 Å². The number of carbonyl (C=O) groups excluding carboxylic acids is 1. The van der Waals surface area contributed by atoms with E-state index in [-0.39, 0.29) is 18.2 Å². The molecular formula is C12H12N2O3. The van der Waals surface area contributed by atoms with Crippen molar-refractivity contribution in [3.8, 4) is 0 Å². The Morgan fingerprint density at radius 3 is 2.53 bits per heavy atom. The van der Waals surface area contributed by atoms with Crippen molar-refractivity contribution in [2.75, 3.05) is 0 Å². The number of amides is 1. The van der Waals surface area contributed by atoms with E-state index in [1.165, 1.54) is 12.3 Å². The molecule has 0 radical (unpaired) electrons. The standard InChI is InChI=1S/C12H12N2O3/c15-8-10-3-1-9(2-4-10)7-13-12(16)11-5-6-17-14-11/h1-6,15H,7-8H2,(H,13,16). The molecule has 0 bridgehead atoms. The Bertz CT molecular complexity index is 477. The lowest BCUT2D eigenvalue weighted by Gasteiger charge is -2.03. The first-order valence-corrected chi connectivity index (χ1v) is 5.17. The zero-order chi connectivity index (χ0) is 12.1. The number of benzene rings is 1. The highest BCUT2D eigenvalue weighted by molar-refractivity contribution is 5.91. The van der Waals surface area contributed by atoms with Gasteiger partial charge in [-0.3, -0.25) is 4.79 Å². The molecule has 0 fully saturated rings. The summed E-state index contributed by atoms with van der Waals surface area (Å²) in [6, 6.07) is 8.85. The third-order valence-corrected chi connectivity index (χ3v) is 2.33. The second-order valence-electron chi connectivity index (χ2n) is 3.54. The Labute approximate surface area is 98.1 Å². The minimum absolute atomic E-state index is 0.0194. The second kappa shape index (κ2) is 5.27. The van der Waals surface area contributed by atoms with E-state index < -0.39 is 0 Å². The van der Waals surface area contributed by atoms with Crippen molar-refractivity contribution in [2.24, 2.45) is 0 Å². The number of aliphatic hydroxyl groups is 1. The Morgan fingerprint density at radius 2 is 1.94 bits per heavy atom. The van der Waals surface area contributed by atoms with Gasteiger partial charge in [0.1, 0.15) is 6.26 Å². The van der Waals surface area contributed by atoms with Gasteiger partial charge in [0.2, 0.25) is 0 Å². The molecule has 1 amide bonds. The van der Waals surface area contributed by atoms with E-state index in [0.29, 0.717) is 6.54 Å². The van der Waals surface area contributed by atoms with Crippen LogP contribution in [0.2, 0.25) is 0 Å². The van der Waals surface area contributed by atoms with Gasteiger partial charge in [-0.15, -0.1) is 0 Å². The largest absolute Gasteiger partial charge is 0.392 e. The van der Waals surface area contributed by atoms with Crippen molar-refractivity contribution in [2.45, 2.75) is 13.2 Å². The lowest BCUT2D eigenvalue weighted by Crippen LogP contribution is -2.22. The molecule has 2 aromatic rings. The van der Waals surface area contributed by atoms with E-state index in [1.807, 2.05) is 24.3 Å². The van der Waals surface area contributed by atoms with Crippen molar-refractivity contribution in [1.29, 1.82) is 0 Å². The lowest BCUT2D eigenvalue weighted by atomic mass is 10.1. The van der Waals surface area contributed by atoms with E-state index in [9.17, 15) is 4.79 Å². The van der Waals surface area contributed by atoms with Crippen LogP contribution in [0.5, 0.6) is 0 Å². The fourth-order valence-corrected chi connectivity index (χ4v) is 1.37. The summed E-state index contributed by atoms with van der Waals surface area (Å²) in [6.45, 7) is 0.434. The van der Waals surface area contributed by atoms with Gasteiger partial charge in [-0.25, -0.2) is 0 Å². The van der Waals surface area contributed by atoms with Gasteiger partial charge in [-0.1, -0.05) is 29.4 Å². The van der Waals surface area contributed by atoms with E-state index in [4.69, 9.17) is 5.11 Å². The number of aliphatic hydroxyl groups excluding tert-OH is 1. The first-order valence-electron chi connectivity index (χ1n) is 5.17. The number of hydrogen-bond acceptors (Lipinski definition) is 4. The van der Waals surface area contributed by atoms with Crippen LogP contribution in [0, 0.1) is 0 Å². The maximum absolute atomic E-state index is 11.5. The highest BCUT2D eigenvalue weighted by atomic mass is 16.5. The predicted octanol–water partition coefficient (Wildman–Crippen LogP) is 1.10. The monoisotopic (exact) mass is 232 g/mol. The van der Waals surface area contributed by atoms with Gasteiger partial charge in [0, 0.05) is 12.6 Å². The molecule has 0 aliphatic carbocycles. The van der Waals surface area contributed by atoms with E-state index in [0.717, 1.165) is 11.1 Å². The van der Waals surface area contributed by atoms with E-state index >= 15 is 0 Å². The quantitative estimate of drug-likeness (QED) is 0.827. The molecule has 0 saturated heterocycles. The average Bonchev–Trinajstić information content (AvgIpc) is 2.90. The highest BCUT2D eigenvalue weighted by Gasteiger charge is 2.07. The van der Waals surface area contributed by atoms with Crippen molar-refractivity contribution >= 4 is 5.91 Å². The van der Waals surface area contributed by atoms with Crippen LogP contribution in [0.4, 0.5) is 0 Å². The summed E-state index contributed by atoms with van der Waals surface area (Å²) in [5.74, 6) is -0.273. The summed E-state index contributed by atoms with van der Waals surface area (Å²) < 4.78 is 4.58. The Balaban J connectivity index is 1.91. The van der Waals surface area contributed by atoms with Crippen molar-refractivity contribution in [3.05, 3.63) is 53.4 Å². The summed E-state index contributed by atoms with van der Waals surface area (Å²) >= 11 is 0. The summed E-state index contributed by atoms with van der Waals surface area (Å²) in [6.07, 6.45) is 1.35. The first-order chi connectivity index (χ1) is 8.29. The van der Waals surface area contributed by atoms with Gasteiger partial charge in [0.15, 0.2) is 5.69 Å². The van der Waals surface area contributed by atoms with Crippen LogP contribution in [-0.2, 0) is 13.2 Å². The molecule has 88 valence electrons. The third kappa shape index (κ3) is 2.92. The summed E-state index contributed by atoms with van der Waals surface area (Å²) in [4.78, 5) is 11.5. The molecule has 0 saturated carbocycles. The van der Waals surface area contributed by atoms with Crippen LogP contribution < -0.4 is 5.32 Å². The smallest absolute Gasteiger partial charge is 0.273 e. The number of hydrogen-bond donors (Lipinski definition) is 2. The Morgan fingerprint density at radius 1 is 1.24 bits per heavy atom. The molecule has 5 heteroatoms. The topological polar surface area (TPSA) is 75.4 Å². The maximum Gasteiger partial charge on any atom is 0.273 e. The minimum Gasteiger partial charge on any atom is -0.392 e. The average molecular weight is 232 g/mol. The molecule has 5 nitrogen and oxygen atoms in total. The van der Waals surface area contributed by atoms with Gasteiger partial charge in [-0.05, 0) is 11.1 Å². The van der Waals surface area contributed by atoms with Gasteiger partial charge in [0.05, 0.1) is 6.61 Å². The molecule has 1 aromatic heterocycles. The SMILES string of the molecule is O=C(NCc1ccc(CO)cc1)c1ccon1. The normalized spacial score (nSPS) is 10.2. The number of aromatic nitrogens is 1. The summed E-state index contributed by atoms with van der Waals surface area (Å²) in [7, 11) is 0. The second-order valence-corrected chi connectivity index (χ2v) is 3.54. The van der Waals surface area contributed by atoms with Crippen LogP contribution in [0.25, 0.3) is 0 Å². The summed E-state index contributed by atoms with van der Waals surface area (Å²) in [5.41, 5.74) is 2.06. The van der Waals surface area contributed by atoms with Gasteiger partial charge < -0.3 is 14.9 Å². The lowest BCUT2D eigenvalue weighted by molar-refractivity contribution is 0.0942. The minimum atomic E-state index is -0.273. The zero-order valence-corrected chi connectivity index (χ0v) is 9.09. The maximum atomic E-state index is 11.5. The van der Waals surface area contributed by atoms with Gasteiger partial charge in [0.25, 0.3) is 5.91 Å². The number of nitrogens with zero attached hydrogens (tertiary/aromatic N) is 1. The van der Waals surface area contributed by atoms with Gasteiger partial charge in [-0.2, -0.15) is 0 Å². The molecule has 0 aliphatic rings. The third-order valence-electron chi connectivity index (χ3n) is 2.33. The predicted molar refractivity (Wildman–Crippen MR) is 60.0 cm³/mol. The molecule has 0 aliphatic heterocycles. The Kier molecular flexibility index (Phi) is 3.52. The molecule has 0 unspecified atom stereocenters. The molecule has 0 spiro atoms. The summed E-state index contributed by atoms with van der Waals surface area (Å²) in [5, 5.41) is 15.1. The molecular weight excluding hydrogens is 220 g/mol. The fourth-order valence-electron chi connectivity index (χ4n) is 1.37. The van der Waals surface area contributed by atoms with Crippen LogP contribution >= 0.6 is 0 Å². The molecule has 2 rings (SSSR count).